The van der Waals surface area contributed by atoms with Gasteiger partial charge in [0, 0.05) is 25.5 Å². The maximum atomic E-state index is 12.8. The first-order chi connectivity index (χ1) is 8.00. The minimum Gasteiger partial charge on any atom is -0.355 e. The Morgan fingerprint density at radius 1 is 1.29 bits per heavy atom. The van der Waals surface area contributed by atoms with Crippen molar-refractivity contribution in [1.82, 2.24) is 5.32 Å². The highest BCUT2D eigenvalue weighted by Gasteiger charge is 2.08. The molecule has 1 N–H and O–H groups in total. The van der Waals surface area contributed by atoms with Gasteiger partial charge in [0.1, 0.15) is 0 Å². The highest BCUT2D eigenvalue weighted by atomic mass is 19.2. The van der Waals surface area contributed by atoms with E-state index in [1.54, 1.807) is 0 Å². The van der Waals surface area contributed by atoms with Crippen LogP contribution in [-0.4, -0.2) is 12.5 Å². The number of rotatable bonds is 2. The molecule has 0 aromatic heterocycles. The number of amides is 1. The van der Waals surface area contributed by atoms with Gasteiger partial charge in [0.2, 0.25) is 5.91 Å². The molecule has 1 aromatic carbocycles. The van der Waals surface area contributed by atoms with E-state index in [0.717, 1.165) is 12.1 Å². The van der Waals surface area contributed by atoms with Crippen LogP contribution in [0.4, 0.5) is 13.2 Å². The molecule has 2 nitrogen and oxygen atoms in total. The van der Waals surface area contributed by atoms with Gasteiger partial charge in [-0.3, -0.25) is 4.79 Å². The predicted octanol–water partition coefficient (Wildman–Crippen LogP) is 1.98. The van der Waals surface area contributed by atoms with Crippen LogP contribution in [-0.2, 0) is 4.79 Å². The maximum Gasteiger partial charge on any atom is 0.216 e. The second-order valence-electron chi connectivity index (χ2n) is 3.29. The fraction of sp³-hybridized carbons (Fsp3) is 0.250. The SMILES string of the molecule is CC(=O)NCCC#Cc1cc(F)c(F)c(F)c1. The van der Waals surface area contributed by atoms with Gasteiger partial charge in [0.25, 0.3) is 0 Å². The van der Waals surface area contributed by atoms with Crippen LogP contribution < -0.4 is 5.32 Å². The number of carbonyl (C=O) groups excluding carboxylic acids is 1. The van der Waals surface area contributed by atoms with E-state index in [4.69, 9.17) is 0 Å². The van der Waals surface area contributed by atoms with Crippen molar-refractivity contribution in [3.8, 4) is 11.8 Å². The van der Waals surface area contributed by atoms with E-state index in [-0.39, 0.29) is 11.5 Å². The molecule has 0 bridgehead atoms. The topological polar surface area (TPSA) is 29.1 Å². The Labute approximate surface area is 96.8 Å². The van der Waals surface area contributed by atoms with Gasteiger partial charge in [0.15, 0.2) is 17.5 Å². The monoisotopic (exact) mass is 241 g/mol. The summed E-state index contributed by atoms with van der Waals surface area (Å²) in [4.78, 5) is 10.5. The van der Waals surface area contributed by atoms with Gasteiger partial charge < -0.3 is 5.32 Å². The Bertz CT molecular complexity index is 465. The van der Waals surface area contributed by atoms with Crippen molar-refractivity contribution in [2.24, 2.45) is 0 Å². The average Bonchev–Trinajstić information content (AvgIpc) is 2.25. The van der Waals surface area contributed by atoms with Gasteiger partial charge >= 0.3 is 0 Å². The van der Waals surface area contributed by atoms with E-state index < -0.39 is 17.5 Å². The van der Waals surface area contributed by atoms with E-state index in [2.05, 4.69) is 17.2 Å². The lowest BCUT2D eigenvalue weighted by molar-refractivity contribution is -0.118. The zero-order valence-electron chi connectivity index (χ0n) is 9.11. The van der Waals surface area contributed by atoms with Crippen molar-refractivity contribution < 1.29 is 18.0 Å². The Morgan fingerprint density at radius 2 is 1.88 bits per heavy atom. The zero-order chi connectivity index (χ0) is 12.8. The van der Waals surface area contributed by atoms with Gasteiger partial charge in [-0.25, -0.2) is 13.2 Å². The van der Waals surface area contributed by atoms with E-state index in [0.29, 0.717) is 13.0 Å². The number of carbonyl (C=O) groups is 1. The Balaban J connectivity index is 2.63. The van der Waals surface area contributed by atoms with Gasteiger partial charge in [-0.05, 0) is 12.1 Å². The van der Waals surface area contributed by atoms with E-state index in [1.807, 2.05) is 0 Å². The van der Waals surface area contributed by atoms with Crippen molar-refractivity contribution >= 4 is 5.91 Å². The molecule has 0 spiro atoms. The minimum atomic E-state index is -1.51. The smallest absolute Gasteiger partial charge is 0.216 e. The summed E-state index contributed by atoms with van der Waals surface area (Å²) in [7, 11) is 0. The van der Waals surface area contributed by atoms with Crippen LogP contribution in [0, 0.1) is 29.3 Å². The lowest BCUT2D eigenvalue weighted by atomic mass is 10.2. The lowest BCUT2D eigenvalue weighted by Crippen LogP contribution is -2.20. The standard InChI is InChI=1S/C12H10F3NO/c1-8(17)16-5-3-2-4-9-6-10(13)12(15)11(14)7-9/h6-7H,3,5H2,1H3,(H,16,17). The summed E-state index contributed by atoms with van der Waals surface area (Å²) in [6.07, 6.45) is 0.347. The highest BCUT2D eigenvalue weighted by molar-refractivity contribution is 5.72. The molecule has 0 unspecified atom stereocenters. The summed E-state index contributed by atoms with van der Waals surface area (Å²) in [5.74, 6) is 0.874. The van der Waals surface area contributed by atoms with Crippen molar-refractivity contribution in [3.63, 3.8) is 0 Å². The molecule has 0 saturated heterocycles. The molecule has 1 rings (SSSR count). The van der Waals surface area contributed by atoms with E-state index in [9.17, 15) is 18.0 Å². The fourth-order valence-corrected chi connectivity index (χ4v) is 1.09. The molecule has 0 fully saturated rings. The molecule has 5 heteroatoms. The molecule has 17 heavy (non-hydrogen) atoms. The average molecular weight is 241 g/mol. The van der Waals surface area contributed by atoms with E-state index in [1.165, 1.54) is 6.92 Å². The number of benzene rings is 1. The Hall–Kier alpha value is -1.96. The highest BCUT2D eigenvalue weighted by Crippen LogP contribution is 2.12. The molecule has 0 aliphatic heterocycles. The van der Waals surface area contributed by atoms with Crippen molar-refractivity contribution in [2.75, 3.05) is 6.54 Å². The molecule has 0 aliphatic carbocycles. The number of halogens is 3. The molecule has 0 saturated carbocycles. The van der Waals surface area contributed by atoms with Gasteiger partial charge in [-0.1, -0.05) is 11.8 Å². The van der Waals surface area contributed by atoms with Gasteiger partial charge in [-0.2, -0.15) is 0 Å². The zero-order valence-corrected chi connectivity index (χ0v) is 9.11. The summed E-state index contributed by atoms with van der Waals surface area (Å²) in [6.45, 7) is 1.73. The number of nitrogens with one attached hydrogen (secondary N) is 1. The molecular weight excluding hydrogens is 231 g/mol. The maximum absolute atomic E-state index is 12.8. The molecule has 1 aromatic rings. The molecule has 1 amide bonds. The summed E-state index contributed by atoms with van der Waals surface area (Å²) in [6, 6.07) is 1.65. The van der Waals surface area contributed by atoms with Crippen LogP contribution in [0.2, 0.25) is 0 Å². The molecule has 0 aliphatic rings. The van der Waals surface area contributed by atoms with Crippen molar-refractivity contribution in [1.29, 1.82) is 0 Å². The largest absolute Gasteiger partial charge is 0.355 e. The van der Waals surface area contributed by atoms with Crippen LogP contribution in [0.1, 0.15) is 18.9 Å². The van der Waals surface area contributed by atoms with Crippen molar-refractivity contribution in [2.45, 2.75) is 13.3 Å². The number of hydrogen-bond donors (Lipinski definition) is 1. The van der Waals surface area contributed by atoms with Crippen LogP contribution in [0.5, 0.6) is 0 Å². The predicted molar refractivity (Wildman–Crippen MR) is 56.5 cm³/mol. The minimum absolute atomic E-state index is 0.0595. The van der Waals surface area contributed by atoms with Crippen molar-refractivity contribution in [3.05, 3.63) is 35.1 Å². The van der Waals surface area contributed by atoms with E-state index >= 15 is 0 Å². The second kappa shape index (κ2) is 5.94. The summed E-state index contributed by atoms with van der Waals surface area (Å²) in [5, 5.41) is 2.51. The third-order valence-corrected chi connectivity index (χ3v) is 1.84. The Kier molecular flexibility index (Phi) is 4.58. The van der Waals surface area contributed by atoms with Crippen LogP contribution in [0.3, 0.4) is 0 Å². The quantitative estimate of drug-likeness (QED) is 0.479. The summed E-state index contributed by atoms with van der Waals surface area (Å²) >= 11 is 0. The first kappa shape index (κ1) is 13.1. The molecule has 0 heterocycles. The van der Waals surface area contributed by atoms with Crippen LogP contribution in [0.15, 0.2) is 12.1 Å². The first-order valence-corrected chi connectivity index (χ1v) is 4.88. The molecule has 0 atom stereocenters. The van der Waals surface area contributed by atoms with Crippen LogP contribution >= 0.6 is 0 Å². The lowest BCUT2D eigenvalue weighted by Gasteiger charge is -1.96. The Morgan fingerprint density at radius 3 is 2.41 bits per heavy atom. The summed E-state index contributed by atoms with van der Waals surface area (Å²) in [5.41, 5.74) is 0.0595. The third kappa shape index (κ3) is 4.19. The fourth-order valence-electron chi connectivity index (χ4n) is 1.09. The first-order valence-electron chi connectivity index (χ1n) is 4.88. The van der Waals surface area contributed by atoms with Gasteiger partial charge in [-0.15, -0.1) is 0 Å². The van der Waals surface area contributed by atoms with Crippen LogP contribution in [0.25, 0.3) is 0 Å². The summed E-state index contributed by atoms with van der Waals surface area (Å²) < 4.78 is 38.2. The molecular formula is C12H10F3NO. The molecule has 90 valence electrons. The molecule has 0 radical (unpaired) electrons. The normalized spacial score (nSPS) is 9.41. The third-order valence-electron chi connectivity index (χ3n) is 1.84. The second-order valence-corrected chi connectivity index (χ2v) is 3.29. The number of hydrogen-bond acceptors (Lipinski definition) is 1. The van der Waals surface area contributed by atoms with Gasteiger partial charge in [0.05, 0.1) is 0 Å².